The molecule has 4 aromatic rings. The van der Waals surface area contributed by atoms with E-state index in [1.165, 1.54) is 18.2 Å². The molecule has 1 aromatic heterocycles. The Morgan fingerprint density at radius 3 is 2.50 bits per heavy atom. The number of amides is 1. The van der Waals surface area contributed by atoms with Gasteiger partial charge in [-0.25, -0.2) is 13.4 Å². The van der Waals surface area contributed by atoms with Crippen LogP contribution >= 0.6 is 11.6 Å². The van der Waals surface area contributed by atoms with Crippen LogP contribution in [-0.2, 0) is 16.6 Å². The highest BCUT2D eigenvalue weighted by molar-refractivity contribution is 7.92. The zero-order chi connectivity index (χ0) is 24.3. The number of imidazole rings is 1. The molecule has 1 heterocycles. The van der Waals surface area contributed by atoms with Gasteiger partial charge in [0.15, 0.2) is 0 Å². The van der Waals surface area contributed by atoms with Crippen LogP contribution in [0.2, 0.25) is 5.02 Å². The van der Waals surface area contributed by atoms with Crippen molar-refractivity contribution in [3.05, 3.63) is 107 Å². The predicted molar refractivity (Wildman–Crippen MR) is 133 cm³/mol. The topological polar surface area (TPSA) is 93.1 Å². The molecule has 4 rings (SSSR count). The maximum absolute atomic E-state index is 13.0. The average Bonchev–Trinajstić information content (AvgIpc) is 3.25. The Morgan fingerprint density at radius 2 is 1.76 bits per heavy atom. The van der Waals surface area contributed by atoms with Crippen molar-refractivity contribution in [1.82, 2.24) is 14.9 Å². The normalized spacial score (nSPS) is 11.3. The average molecular weight is 495 g/mol. The highest BCUT2D eigenvalue weighted by Gasteiger charge is 2.21. The smallest absolute Gasteiger partial charge is 0.263 e. The molecule has 0 saturated heterocycles. The van der Waals surface area contributed by atoms with Crippen LogP contribution in [0, 0.1) is 13.8 Å². The number of benzene rings is 3. The van der Waals surface area contributed by atoms with Crippen LogP contribution in [0.3, 0.4) is 0 Å². The molecule has 0 fully saturated rings. The summed E-state index contributed by atoms with van der Waals surface area (Å²) in [5.41, 5.74) is 3.19. The largest absolute Gasteiger partial charge is 0.348 e. The van der Waals surface area contributed by atoms with Crippen molar-refractivity contribution in [3.63, 3.8) is 0 Å². The quantitative estimate of drug-likeness (QED) is 0.383. The number of hydrogen-bond acceptors (Lipinski definition) is 4. The first-order chi connectivity index (χ1) is 16.3. The lowest BCUT2D eigenvalue weighted by Crippen LogP contribution is -2.24. The first-order valence-corrected chi connectivity index (χ1v) is 12.4. The number of carbonyl (C=O) groups is 1. The van der Waals surface area contributed by atoms with Crippen molar-refractivity contribution >= 4 is 33.2 Å². The summed E-state index contributed by atoms with van der Waals surface area (Å²) in [6, 6.07) is 18.9. The SMILES string of the molecule is Cc1ccccc1NS(=O)(=O)c1cc(C(=O)NCc2ccccc2-n2ccnc2C)ccc1Cl. The molecule has 34 heavy (non-hydrogen) atoms. The fourth-order valence-electron chi connectivity index (χ4n) is 3.54. The van der Waals surface area contributed by atoms with Crippen molar-refractivity contribution in [1.29, 1.82) is 0 Å². The Hall–Kier alpha value is -3.62. The summed E-state index contributed by atoms with van der Waals surface area (Å²) in [6.07, 6.45) is 3.57. The van der Waals surface area contributed by atoms with E-state index in [0.29, 0.717) is 5.69 Å². The molecule has 2 N–H and O–H groups in total. The van der Waals surface area contributed by atoms with Crippen LogP contribution in [0.15, 0.2) is 84.0 Å². The number of nitrogens with zero attached hydrogens (tertiary/aromatic N) is 2. The first-order valence-electron chi connectivity index (χ1n) is 10.5. The lowest BCUT2D eigenvalue weighted by atomic mass is 10.1. The molecule has 1 amide bonds. The molecule has 7 nitrogen and oxygen atoms in total. The minimum atomic E-state index is -4.00. The minimum Gasteiger partial charge on any atom is -0.348 e. The highest BCUT2D eigenvalue weighted by Crippen LogP contribution is 2.26. The molecule has 0 aliphatic rings. The van der Waals surface area contributed by atoms with Gasteiger partial charge in [0.25, 0.3) is 15.9 Å². The Kier molecular flexibility index (Phi) is 6.72. The van der Waals surface area contributed by atoms with E-state index in [-0.39, 0.29) is 22.0 Å². The number of aromatic nitrogens is 2. The second kappa shape index (κ2) is 9.70. The number of para-hydroxylation sites is 2. The van der Waals surface area contributed by atoms with Crippen LogP contribution in [0.1, 0.15) is 27.3 Å². The summed E-state index contributed by atoms with van der Waals surface area (Å²) in [5.74, 6) is 0.411. The van der Waals surface area contributed by atoms with Crippen molar-refractivity contribution in [3.8, 4) is 5.69 Å². The number of carbonyl (C=O) groups excluding carboxylic acids is 1. The molecule has 0 spiro atoms. The van der Waals surface area contributed by atoms with Gasteiger partial charge < -0.3 is 9.88 Å². The molecule has 0 radical (unpaired) electrons. The number of anilines is 1. The summed E-state index contributed by atoms with van der Waals surface area (Å²) in [6.45, 7) is 3.95. The number of aryl methyl sites for hydroxylation is 2. The molecular formula is C25H23ClN4O3S. The van der Waals surface area contributed by atoms with E-state index in [0.717, 1.165) is 22.6 Å². The molecule has 3 aromatic carbocycles. The maximum atomic E-state index is 13.0. The molecule has 0 saturated carbocycles. The number of sulfonamides is 1. The minimum absolute atomic E-state index is 0.0264. The van der Waals surface area contributed by atoms with Crippen molar-refractivity contribution in [2.24, 2.45) is 0 Å². The van der Waals surface area contributed by atoms with Crippen molar-refractivity contribution < 1.29 is 13.2 Å². The Balaban J connectivity index is 1.55. The number of hydrogen-bond donors (Lipinski definition) is 2. The fraction of sp³-hybridized carbons (Fsp3) is 0.120. The summed E-state index contributed by atoms with van der Waals surface area (Å²) in [7, 11) is -4.00. The fourth-order valence-corrected chi connectivity index (χ4v) is 5.20. The van der Waals surface area contributed by atoms with E-state index in [2.05, 4.69) is 15.0 Å². The molecule has 0 aliphatic carbocycles. The third-order valence-corrected chi connectivity index (χ3v) is 7.24. The standard InChI is InChI=1S/C25H23ClN4O3S/c1-17-7-3-5-9-22(17)29-34(32,33)24-15-19(11-12-21(24)26)25(31)28-16-20-8-4-6-10-23(20)30-14-13-27-18(30)2/h3-15,29H,16H2,1-2H3,(H,28,31). The molecule has 0 unspecified atom stereocenters. The van der Waals surface area contributed by atoms with Crippen LogP contribution < -0.4 is 10.0 Å². The van der Waals surface area contributed by atoms with Crippen LogP contribution in [0.4, 0.5) is 5.69 Å². The van der Waals surface area contributed by atoms with Crippen molar-refractivity contribution in [2.75, 3.05) is 4.72 Å². The lowest BCUT2D eigenvalue weighted by Gasteiger charge is -2.14. The Bertz CT molecular complexity index is 1460. The maximum Gasteiger partial charge on any atom is 0.263 e. The van der Waals surface area contributed by atoms with E-state index < -0.39 is 15.9 Å². The predicted octanol–water partition coefficient (Wildman–Crippen LogP) is 4.87. The van der Waals surface area contributed by atoms with Gasteiger partial charge in [-0.1, -0.05) is 48.0 Å². The third kappa shape index (κ3) is 4.98. The van der Waals surface area contributed by atoms with E-state index in [1.54, 1.807) is 31.3 Å². The number of rotatable bonds is 7. The van der Waals surface area contributed by atoms with Crippen molar-refractivity contribution in [2.45, 2.75) is 25.3 Å². The first kappa shape index (κ1) is 23.5. The molecular weight excluding hydrogens is 472 g/mol. The van der Waals surface area contributed by atoms with Gasteiger partial charge in [0, 0.05) is 24.5 Å². The summed E-state index contributed by atoms with van der Waals surface area (Å²) < 4.78 is 30.5. The summed E-state index contributed by atoms with van der Waals surface area (Å²) in [4.78, 5) is 17.0. The van der Waals surface area contributed by atoms with Crippen LogP contribution in [-0.4, -0.2) is 23.9 Å². The van der Waals surface area contributed by atoms with Gasteiger partial charge >= 0.3 is 0 Å². The van der Waals surface area contributed by atoms with Gasteiger partial charge in [0.2, 0.25) is 0 Å². The highest BCUT2D eigenvalue weighted by atomic mass is 35.5. The van der Waals surface area contributed by atoms with Gasteiger partial charge in [-0.05, 0) is 55.3 Å². The summed E-state index contributed by atoms with van der Waals surface area (Å²) >= 11 is 6.20. The van der Waals surface area contributed by atoms with E-state index in [9.17, 15) is 13.2 Å². The third-order valence-electron chi connectivity index (χ3n) is 5.39. The van der Waals surface area contributed by atoms with Gasteiger partial charge in [-0.15, -0.1) is 0 Å². The summed E-state index contributed by atoms with van der Waals surface area (Å²) in [5, 5.41) is 2.89. The second-order valence-electron chi connectivity index (χ2n) is 7.72. The van der Waals surface area contributed by atoms with Gasteiger partial charge in [-0.3, -0.25) is 9.52 Å². The van der Waals surface area contributed by atoms with Crippen LogP contribution in [0.25, 0.3) is 5.69 Å². The zero-order valence-electron chi connectivity index (χ0n) is 18.6. The number of halogens is 1. The van der Waals surface area contributed by atoms with Gasteiger partial charge in [0.05, 0.1) is 16.4 Å². The molecule has 0 bridgehead atoms. The van der Waals surface area contributed by atoms with Gasteiger partial charge in [-0.2, -0.15) is 0 Å². The van der Waals surface area contributed by atoms with Gasteiger partial charge in [0.1, 0.15) is 10.7 Å². The molecule has 9 heteroatoms. The molecule has 0 atom stereocenters. The second-order valence-corrected chi connectivity index (χ2v) is 9.78. The Morgan fingerprint density at radius 1 is 1.03 bits per heavy atom. The number of nitrogens with one attached hydrogen (secondary N) is 2. The lowest BCUT2D eigenvalue weighted by molar-refractivity contribution is 0.0950. The Labute approximate surface area is 203 Å². The van der Waals surface area contributed by atoms with E-state index >= 15 is 0 Å². The van der Waals surface area contributed by atoms with Crippen LogP contribution in [0.5, 0.6) is 0 Å². The molecule has 174 valence electrons. The van der Waals surface area contributed by atoms with E-state index in [1.807, 2.05) is 48.0 Å². The van der Waals surface area contributed by atoms with E-state index in [4.69, 9.17) is 11.6 Å². The molecule has 0 aliphatic heterocycles. The zero-order valence-corrected chi connectivity index (χ0v) is 20.2. The monoisotopic (exact) mass is 494 g/mol.